The molecule has 0 N–H and O–H groups in total. The summed E-state index contributed by atoms with van der Waals surface area (Å²) in [4.78, 5) is 12.1. The second kappa shape index (κ2) is 8.46. The van der Waals surface area contributed by atoms with Crippen molar-refractivity contribution in [2.75, 3.05) is 13.4 Å². The van der Waals surface area contributed by atoms with Crippen molar-refractivity contribution in [1.82, 2.24) is 0 Å². The molecule has 1 aliphatic rings. The van der Waals surface area contributed by atoms with Gasteiger partial charge in [-0.1, -0.05) is 24.0 Å². The number of rotatable bonds is 4. The van der Waals surface area contributed by atoms with Crippen LogP contribution >= 0.6 is 0 Å². The van der Waals surface area contributed by atoms with Crippen LogP contribution in [0.4, 0.5) is 0 Å². The molecule has 7 heteroatoms. The Morgan fingerprint density at radius 2 is 1.64 bits per heavy atom. The number of benzene rings is 2. The van der Waals surface area contributed by atoms with Crippen LogP contribution in [0.1, 0.15) is 30.1 Å². The number of methoxy groups -OCH3 is 1. The van der Waals surface area contributed by atoms with Crippen LogP contribution in [0.3, 0.4) is 0 Å². The predicted molar refractivity (Wildman–Crippen MR) is 104 cm³/mol. The highest BCUT2D eigenvalue weighted by molar-refractivity contribution is 7.86. The van der Waals surface area contributed by atoms with E-state index in [-0.39, 0.29) is 24.1 Å². The van der Waals surface area contributed by atoms with E-state index in [4.69, 9.17) is 13.7 Å². The number of carbonyl (C=O) groups is 1. The molecule has 0 amide bonds. The molecule has 2 aromatic rings. The van der Waals surface area contributed by atoms with Gasteiger partial charge in [0.15, 0.2) is 0 Å². The fourth-order valence-electron chi connectivity index (χ4n) is 2.82. The van der Waals surface area contributed by atoms with E-state index in [9.17, 15) is 13.2 Å². The molecule has 1 fully saturated rings. The van der Waals surface area contributed by atoms with Crippen LogP contribution in [0.15, 0.2) is 48.5 Å². The van der Waals surface area contributed by atoms with Crippen LogP contribution < -0.4 is 8.92 Å². The van der Waals surface area contributed by atoms with Gasteiger partial charge in [0.25, 0.3) is 0 Å². The molecule has 28 heavy (non-hydrogen) atoms. The summed E-state index contributed by atoms with van der Waals surface area (Å²) in [5, 5.41) is 0. The molecule has 0 bridgehead atoms. The van der Waals surface area contributed by atoms with E-state index in [1.54, 1.807) is 19.2 Å². The van der Waals surface area contributed by atoms with Gasteiger partial charge in [-0.25, -0.2) is 0 Å². The number of ketones is 1. The van der Waals surface area contributed by atoms with Gasteiger partial charge in [-0.3, -0.25) is 4.79 Å². The molecule has 0 spiro atoms. The maximum Gasteiger partial charge on any atom is 0.306 e. The average molecular weight is 400 g/mol. The smallest absolute Gasteiger partial charge is 0.306 e. The Bertz CT molecular complexity index is 998. The normalized spacial score (nSPS) is 19.4. The van der Waals surface area contributed by atoms with Crippen LogP contribution in [0.2, 0.25) is 0 Å². The van der Waals surface area contributed by atoms with E-state index in [1.807, 2.05) is 24.3 Å². The molecular weight excluding hydrogens is 380 g/mol. The van der Waals surface area contributed by atoms with Gasteiger partial charge in [0, 0.05) is 18.4 Å². The molecule has 6 nitrogen and oxygen atoms in total. The summed E-state index contributed by atoms with van der Waals surface area (Å²) in [6.07, 6.45) is 0.714. The number of hydrogen-bond acceptors (Lipinski definition) is 6. The Morgan fingerprint density at radius 1 is 1.00 bits per heavy atom. The summed E-state index contributed by atoms with van der Waals surface area (Å²) in [6, 6.07) is 13.8. The Balaban J connectivity index is 1.69. The number of hydrogen-bond donors (Lipinski definition) is 0. The summed E-state index contributed by atoms with van der Waals surface area (Å²) in [5.74, 6) is 7.01. The van der Waals surface area contributed by atoms with Gasteiger partial charge in [0.1, 0.15) is 23.4 Å². The molecule has 0 saturated carbocycles. The monoisotopic (exact) mass is 400 g/mol. The topological polar surface area (TPSA) is 78.9 Å². The third-order valence-corrected chi connectivity index (χ3v) is 4.62. The molecule has 2 atom stereocenters. The SMILES string of the molecule is COc1ccc([C@@H]2CC(=O)C[C@H](C#Cc3ccc(OS(C)(=O)=O)cc3)O2)cc1. The maximum absolute atomic E-state index is 12.1. The zero-order valence-corrected chi connectivity index (χ0v) is 16.4. The third-order valence-electron chi connectivity index (χ3n) is 4.12. The first-order valence-electron chi connectivity index (χ1n) is 8.64. The molecule has 146 valence electrons. The summed E-state index contributed by atoms with van der Waals surface area (Å²) in [6.45, 7) is 0. The molecule has 0 aromatic heterocycles. The second-order valence-electron chi connectivity index (χ2n) is 6.41. The van der Waals surface area contributed by atoms with E-state index < -0.39 is 16.2 Å². The van der Waals surface area contributed by atoms with E-state index in [0.717, 1.165) is 17.6 Å². The maximum atomic E-state index is 12.1. The van der Waals surface area contributed by atoms with E-state index in [2.05, 4.69) is 11.8 Å². The number of ether oxygens (including phenoxy) is 2. The predicted octanol–water partition coefficient (Wildman–Crippen LogP) is 2.87. The quantitative estimate of drug-likeness (QED) is 0.580. The zero-order valence-electron chi connectivity index (χ0n) is 15.5. The van der Waals surface area contributed by atoms with E-state index in [0.29, 0.717) is 12.0 Å². The van der Waals surface area contributed by atoms with Crippen LogP contribution in [0.25, 0.3) is 0 Å². The highest BCUT2D eigenvalue weighted by Gasteiger charge is 2.28. The van der Waals surface area contributed by atoms with Crippen molar-refractivity contribution < 1.29 is 26.9 Å². The van der Waals surface area contributed by atoms with Crippen LogP contribution in [0.5, 0.6) is 11.5 Å². The minimum atomic E-state index is -3.56. The molecule has 1 saturated heterocycles. The standard InChI is InChI=1S/C21H20O6S/c1-25-18-11-6-16(7-12-18)21-14-17(22)13-20(26-21)10-5-15-3-8-19(9-4-15)27-28(2,23)24/h3-4,6-9,11-12,20-21H,13-14H2,1-2H3/t20-,21-/m0/s1. The van der Waals surface area contributed by atoms with Gasteiger partial charge in [-0.15, -0.1) is 0 Å². The molecule has 0 unspecified atom stereocenters. The lowest BCUT2D eigenvalue weighted by atomic mass is 9.97. The van der Waals surface area contributed by atoms with Crippen molar-refractivity contribution in [1.29, 1.82) is 0 Å². The summed E-state index contributed by atoms with van der Waals surface area (Å²) in [7, 11) is -1.97. The first kappa shape index (κ1) is 19.9. The molecule has 0 aliphatic carbocycles. The minimum Gasteiger partial charge on any atom is -0.497 e. The second-order valence-corrected chi connectivity index (χ2v) is 7.99. The van der Waals surface area contributed by atoms with Gasteiger partial charge in [-0.05, 0) is 42.0 Å². The van der Waals surface area contributed by atoms with Crippen molar-refractivity contribution in [3.05, 3.63) is 59.7 Å². The zero-order chi connectivity index (χ0) is 20.1. The van der Waals surface area contributed by atoms with Gasteiger partial charge < -0.3 is 13.7 Å². The Kier molecular flexibility index (Phi) is 6.02. The lowest BCUT2D eigenvalue weighted by Gasteiger charge is -2.26. The summed E-state index contributed by atoms with van der Waals surface area (Å²) in [5.41, 5.74) is 1.58. The van der Waals surface area contributed by atoms with Crippen molar-refractivity contribution in [2.45, 2.75) is 25.0 Å². The molecular formula is C21H20O6S. The molecule has 0 radical (unpaired) electrons. The van der Waals surface area contributed by atoms with E-state index in [1.165, 1.54) is 12.1 Å². The molecule has 2 aromatic carbocycles. The average Bonchev–Trinajstić information content (AvgIpc) is 2.66. The van der Waals surface area contributed by atoms with Crippen LogP contribution in [-0.4, -0.2) is 33.7 Å². The molecule has 1 aliphatic heterocycles. The summed E-state index contributed by atoms with van der Waals surface area (Å²) >= 11 is 0. The third kappa shape index (κ3) is 5.59. The van der Waals surface area contributed by atoms with Crippen molar-refractivity contribution in [2.24, 2.45) is 0 Å². The van der Waals surface area contributed by atoms with Gasteiger partial charge in [0.2, 0.25) is 0 Å². The van der Waals surface area contributed by atoms with Crippen molar-refractivity contribution in [3.8, 4) is 23.3 Å². The van der Waals surface area contributed by atoms with Crippen LogP contribution in [-0.2, 0) is 19.6 Å². The largest absolute Gasteiger partial charge is 0.497 e. The minimum absolute atomic E-state index is 0.100. The van der Waals surface area contributed by atoms with Crippen molar-refractivity contribution >= 4 is 15.9 Å². The first-order valence-corrected chi connectivity index (χ1v) is 10.5. The van der Waals surface area contributed by atoms with Gasteiger partial charge >= 0.3 is 10.1 Å². The molecule has 3 rings (SSSR count). The first-order chi connectivity index (χ1) is 13.3. The number of carbonyl (C=O) groups excluding carboxylic acids is 1. The Hall–Kier alpha value is -2.82. The Morgan fingerprint density at radius 3 is 2.25 bits per heavy atom. The Labute approximate surface area is 164 Å². The van der Waals surface area contributed by atoms with Gasteiger partial charge in [0.05, 0.1) is 19.5 Å². The lowest BCUT2D eigenvalue weighted by Crippen LogP contribution is -2.27. The molecule has 1 heterocycles. The van der Waals surface area contributed by atoms with E-state index >= 15 is 0 Å². The highest BCUT2D eigenvalue weighted by Crippen LogP contribution is 2.30. The highest BCUT2D eigenvalue weighted by atomic mass is 32.2. The lowest BCUT2D eigenvalue weighted by molar-refractivity contribution is -0.132. The summed E-state index contributed by atoms with van der Waals surface area (Å²) < 4.78 is 38.2. The van der Waals surface area contributed by atoms with Crippen LogP contribution in [0, 0.1) is 11.8 Å². The fourth-order valence-corrected chi connectivity index (χ4v) is 3.28. The fraction of sp³-hybridized carbons (Fsp3) is 0.286. The number of Topliss-reactive ketones (excluding diaryl/α,β-unsaturated/α-hetero) is 1. The van der Waals surface area contributed by atoms with Crippen molar-refractivity contribution in [3.63, 3.8) is 0 Å². The van der Waals surface area contributed by atoms with Gasteiger partial charge in [-0.2, -0.15) is 8.42 Å².